The average molecular weight is 259 g/mol. The maximum Gasteiger partial charge on any atom is 0.221 e. The van der Waals surface area contributed by atoms with Crippen molar-refractivity contribution in [2.45, 2.75) is 12.2 Å². The van der Waals surface area contributed by atoms with Gasteiger partial charge in [0.05, 0.1) is 5.71 Å². The number of benzene rings is 1. The molecule has 0 saturated carbocycles. The summed E-state index contributed by atoms with van der Waals surface area (Å²) in [5.74, 6) is -0.932. The molecule has 4 heteroatoms. The van der Waals surface area contributed by atoms with Crippen molar-refractivity contribution in [1.29, 1.82) is 0 Å². The lowest BCUT2D eigenvalue weighted by molar-refractivity contribution is -0.184. The largest absolute Gasteiger partial charge is 0.411 e. The van der Waals surface area contributed by atoms with Crippen LogP contribution >= 0.6 is 0 Å². The van der Waals surface area contributed by atoms with Crippen molar-refractivity contribution < 1.29 is 14.7 Å². The Kier molecular flexibility index (Phi) is 4.14. The lowest BCUT2D eigenvalue weighted by Gasteiger charge is -2.33. The van der Waals surface area contributed by atoms with Crippen molar-refractivity contribution >= 4 is 5.71 Å². The van der Waals surface area contributed by atoms with Crippen LogP contribution in [0.1, 0.15) is 12.0 Å². The van der Waals surface area contributed by atoms with E-state index in [2.05, 4.69) is 5.16 Å². The van der Waals surface area contributed by atoms with Crippen LogP contribution in [0, 0.1) is 0 Å². The number of methoxy groups -OCH3 is 2. The zero-order valence-corrected chi connectivity index (χ0v) is 11.0. The van der Waals surface area contributed by atoms with Gasteiger partial charge in [-0.05, 0) is 6.08 Å². The third-order valence-corrected chi connectivity index (χ3v) is 3.22. The first-order valence-corrected chi connectivity index (χ1v) is 6.02. The second kappa shape index (κ2) is 5.82. The fraction of sp³-hybridized carbons (Fsp3) is 0.267. The van der Waals surface area contributed by atoms with Crippen molar-refractivity contribution in [2.24, 2.45) is 5.16 Å². The number of oxime groups is 1. The van der Waals surface area contributed by atoms with Gasteiger partial charge in [0.1, 0.15) is 0 Å². The van der Waals surface area contributed by atoms with Crippen LogP contribution in [-0.2, 0) is 15.3 Å². The van der Waals surface area contributed by atoms with Crippen LogP contribution in [0.15, 0.2) is 59.3 Å². The third-order valence-electron chi connectivity index (χ3n) is 3.22. The quantitative estimate of drug-likeness (QED) is 0.514. The van der Waals surface area contributed by atoms with E-state index < -0.39 is 5.79 Å². The van der Waals surface area contributed by atoms with Gasteiger partial charge in [0.25, 0.3) is 0 Å². The molecular formula is C15H17NO3. The highest BCUT2D eigenvalue weighted by atomic mass is 16.7. The summed E-state index contributed by atoms with van der Waals surface area (Å²) in [5.41, 5.74) is 2.41. The van der Waals surface area contributed by atoms with Crippen molar-refractivity contribution in [2.75, 3.05) is 14.2 Å². The molecule has 19 heavy (non-hydrogen) atoms. The van der Waals surface area contributed by atoms with Gasteiger partial charge in [-0.2, -0.15) is 0 Å². The van der Waals surface area contributed by atoms with Crippen LogP contribution in [0.25, 0.3) is 0 Å². The number of hydrogen-bond acceptors (Lipinski definition) is 4. The third kappa shape index (κ3) is 2.45. The van der Waals surface area contributed by atoms with Crippen molar-refractivity contribution in [3.63, 3.8) is 0 Å². The molecule has 1 aromatic rings. The van der Waals surface area contributed by atoms with Crippen LogP contribution in [0.3, 0.4) is 0 Å². The van der Waals surface area contributed by atoms with Crippen LogP contribution in [0.4, 0.5) is 0 Å². The number of allylic oxidation sites excluding steroid dienone is 2. The molecule has 0 saturated heterocycles. The lowest BCUT2D eigenvalue weighted by Crippen LogP contribution is -2.33. The zero-order valence-electron chi connectivity index (χ0n) is 11.0. The maximum atomic E-state index is 8.76. The van der Waals surface area contributed by atoms with Gasteiger partial charge in [0.15, 0.2) is 0 Å². The summed E-state index contributed by atoms with van der Waals surface area (Å²) in [6.07, 6.45) is 6.09. The first-order chi connectivity index (χ1) is 9.26. The van der Waals surface area contributed by atoms with E-state index in [0.717, 1.165) is 11.1 Å². The van der Waals surface area contributed by atoms with E-state index in [1.54, 1.807) is 20.3 Å². The molecule has 0 radical (unpaired) electrons. The standard InChI is InChI=1S/C15H17NO3/c1-18-15(19-2,12-6-4-3-5-7-12)13-8-10-14(16-17)11-9-13/h3-10,17H,11H2,1-2H3. The van der Waals surface area contributed by atoms with Crippen LogP contribution in [0.2, 0.25) is 0 Å². The first kappa shape index (κ1) is 13.5. The Morgan fingerprint density at radius 1 is 1.11 bits per heavy atom. The van der Waals surface area contributed by atoms with E-state index in [0.29, 0.717) is 12.1 Å². The Labute approximate surface area is 112 Å². The van der Waals surface area contributed by atoms with Crippen LogP contribution in [0.5, 0.6) is 0 Å². The number of ether oxygens (including phenoxy) is 2. The molecule has 100 valence electrons. The van der Waals surface area contributed by atoms with Gasteiger partial charge in [0.2, 0.25) is 5.79 Å². The van der Waals surface area contributed by atoms with Crippen LogP contribution in [-0.4, -0.2) is 25.1 Å². The smallest absolute Gasteiger partial charge is 0.221 e. The fourth-order valence-corrected chi connectivity index (χ4v) is 2.23. The number of nitrogens with zero attached hydrogens (tertiary/aromatic N) is 1. The lowest BCUT2D eigenvalue weighted by atomic mass is 9.92. The average Bonchev–Trinajstić information content (AvgIpc) is 2.51. The fourth-order valence-electron chi connectivity index (χ4n) is 2.23. The van der Waals surface area contributed by atoms with Crippen molar-refractivity contribution in [3.8, 4) is 0 Å². The molecule has 1 aliphatic rings. The molecule has 0 atom stereocenters. The molecule has 0 aromatic heterocycles. The van der Waals surface area contributed by atoms with Gasteiger partial charge in [-0.1, -0.05) is 47.6 Å². The van der Waals surface area contributed by atoms with E-state index >= 15 is 0 Å². The summed E-state index contributed by atoms with van der Waals surface area (Å²) in [7, 11) is 3.22. The minimum atomic E-state index is -0.932. The normalized spacial score (nSPS) is 17.6. The molecule has 4 nitrogen and oxygen atoms in total. The minimum Gasteiger partial charge on any atom is -0.411 e. The summed E-state index contributed by atoms with van der Waals surface area (Å²) >= 11 is 0. The van der Waals surface area contributed by atoms with Gasteiger partial charge in [-0.25, -0.2) is 0 Å². The van der Waals surface area contributed by atoms with Gasteiger partial charge < -0.3 is 14.7 Å². The van der Waals surface area contributed by atoms with Gasteiger partial charge in [0, 0.05) is 31.8 Å². The molecule has 0 unspecified atom stereocenters. The van der Waals surface area contributed by atoms with E-state index in [1.807, 2.05) is 42.5 Å². The SMILES string of the molecule is COC(OC)(C1=CCC(=NO)C=C1)c1ccccc1. The summed E-state index contributed by atoms with van der Waals surface area (Å²) < 4.78 is 11.3. The van der Waals surface area contributed by atoms with Crippen molar-refractivity contribution in [3.05, 3.63) is 59.7 Å². The van der Waals surface area contributed by atoms with E-state index in [4.69, 9.17) is 14.7 Å². The molecule has 0 spiro atoms. The number of rotatable bonds is 4. The van der Waals surface area contributed by atoms with Gasteiger partial charge in [-0.15, -0.1) is 0 Å². The molecule has 0 amide bonds. The van der Waals surface area contributed by atoms with Gasteiger partial charge >= 0.3 is 0 Å². The molecule has 1 aromatic carbocycles. The molecule has 0 heterocycles. The predicted molar refractivity (Wildman–Crippen MR) is 73.2 cm³/mol. The first-order valence-electron chi connectivity index (χ1n) is 6.02. The van der Waals surface area contributed by atoms with E-state index in [9.17, 15) is 0 Å². The highest BCUT2D eigenvalue weighted by Crippen LogP contribution is 2.36. The maximum absolute atomic E-state index is 8.76. The molecule has 2 rings (SSSR count). The summed E-state index contributed by atoms with van der Waals surface area (Å²) in [5, 5.41) is 11.9. The highest BCUT2D eigenvalue weighted by Gasteiger charge is 2.36. The second-order valence-electron chi connectivity index (χ2n) is 4.18. The summed E-state index contributed by atoms with van der Waals surface area (Å²) in [6, 6.07) is 9.74. The molecule has 0 aliphatic heterocycles. The zero-order chi connectivity index (χ0) is 13.7. The second-order valence-corrected chi connectivity index (χ2v) is 4.18. The van der Waals surface area contributed by atoms with Gasteiger partial charge in [-0.3, -0.25) is 0 Å². The molecule has 0 bridgehead atoms. The summed E-state index contributed by atoms with van der Waals surface area (Å²) in [4.78, 5) is 0. The number of hydrogen-bond donors (Lipinski definition) is 1. The summed E-state index contributed by atoms with van der Waals surface area (Å²) in [6.45, 7) is 0. The minimum absolute atomic E-state index is 0.545. The van der Waals surface area contributed by atoms with E-state index in [1.165, 1.54) is 0 Å². The Hall–Kier alpha value is -1.91. The van der Waals surface area contributed by atoms with Crippen molar-refractivity contribution in [1.82, 2.24) is 0 Å². The molecule has 1 aliphatic carbocycles. The van der Waals surface area contributed by atoms with Crippen LogP contribution < -0.4 is 0 Å². The Bertz CT molecular complexity index is 513. The predicted octanol–water partition coefficient (Wildman–Crippen LogP) is 2.85. The topological polar surface area (TPSA) is 51.0 Å². The highest BCUT2D eigenvalue weighted by molar-refractivity contribution is 5.97. The van der Waals surface area contributed by atoms with E-state index in [-0.39, 0.29) is 0 Å². The Morgan fingerprint density at radius 3 is 2.26 bits per heavy atom. The Balaban J connectivity index is 2.42. The molecule has 0 fully saturated rings. The molecular weight excluding hydrogens is 242 g/mol. The Morgan fingerprint density at radius 2 is 1.79 bits per heavy atom. The molecule has 1 N–H and O–H groups in total. The monoisotopic (exact) mass is 259 g/mol.